The zero-order valence-corrected chi connectivity index (χ0v) is 14.5. The van der Waals surface area contributed by atoms with Gasteiger partial charge in [0.15, 0.2) is 5.65 Å². The lowest BCUT2D eigenvalue weighted by Crippen LogP contribution is -2.37. The summed E-state index contributed by atoms with van der Waals surface area (Å²) >= 11 is 3.44. The lowest BCUT2D eigenvalue weighted by Gasteiger charge is -2.28. The fourth-order valence-corrected chi connectivity index (χ4v) is 3.35. The van der Waals surface area contributed by atoms with Crippen LogP contribution < -0.4 is 0 Å². The van der Waals surface area contributed by atoms with Crippen molar-refractivity contribution in [3.8, 4) is 0 Å². The second-order valence-corrected chi connectivity index (χ2v) is 6.81. The van der Waals surface area contributed by atoms with Gasteiger partial charge in [0, 0.05) is 53.7 Å². The van der Waals surface area contributed by atoms with Gasteiger partial charge in [-0.05, 0) is 45.3 Å². The summed E-state index contributed by atoms with van der Waals surface area (Å²) in [6, 6.07) is 7.89. The molecule has 0 saturated heterocycles. The molecule has 0 bridgehead atoms. The first-order valence-electron chi connectivity index (χ1n) is 7.80. The molecule has 0 aromatic carbocycles. The van der Waals surface area contributed by atoms with E-state index in [1.807, 2.05) is 23.1 Å². The standard InChI is InChI=1S/C18H15BrN4O/c19-15-8-13-7-14-11-23(5-3-16(14)22-18(13)21-10-15)17(24)6-12-2-1-4-20-9-12/h1-2,4,7-10H,3,5-6,11H2. The maximum Gasteiger partial charge on any atom is 0.227 e. The molecular formula is C18H15BrN4O. The number of amides is 1. The van der Waals surface area contributed by atoms with Crippen LogP contribution in [0.2, 0.25) is 0 Å². The van der Waals surface area contributed by atoms with Crippen LogP contribution in [-0.2, 0) is 24.2 Å². The summed E-state index contributed by atoms with van der Waals surface area (Å²) in [5.41, 5.74) is 3.85. The minimum Gasteiger partial charge on any atom is -0.338 e. The summed E-state index contributed by atoms with van der Waals surface area (Å²) in [6.45, 7) is 1.30. The van der Waals surface area contributed by atoms with Crippen LogP contribution >= 0.6 is 15.9 Å². The van der Waals surface area contributed by atoms with E-state index in [2.05, 4.69) is 36.9 Å². The molecule has 3 aromatic heterocycles. The highest BCUT2D eigenvalue weighted by Crippen LogP contribution is 2.24. The normalized spacial score (nSPS) is 13.8. The Morgan fingerprint density at radius 2 is 2.21 bits per heavy atom. The summed E-state index contributed by atoms with van der Waals surface area (Å²) in [7, 11) is 0. The predicted octanol–water partition coefficient (Wildman–Crippen LogP) is 2.91. The number of pyridine rings is 3. The Hall–Kier alpha value is -2.34. The van der Waals surface area contributed by atoms with E-state index in [1.54, 1.807) is 18.6 Å². The first-order chi connectivity index (χ1) is 11.7. The minimum atomic E-state index is 0.126. The Morgan fingerprint density at radius 3 is 3.04 bits per heavy atom. The van der Waals surface area contributed by atoms with Crippen LogP contribution in [0.25, 0.3) is 11.0 Å². The molecule has 3 aromatic rings. The molecule has 4 heterocycles. The maximum atomic E-state index is 12.6. The van der Waals surface area contributed by atoms with E-state index in [9.17, 15) is 4.79 Å². The Labute approximate surface area is 147 Å². The fourth-order valence-electron chi connectivity index (χ4n) is 3.00. The van der Waals surface area contributed by atoms with E-state index < -0.39 is 0 Å². The van der Waals surface area contributed by atoms with Crippen molar-refractivity contribution < 1.29 is 4.79 Å². The zero-order chi connectivity index (χ0) is 16.5. The number of aromatic nitrogens is 3. The molecule has 120 valence electrons. The molecule has 0 spiro atoms. The molecule has 6 heteroatoms. The predicted molar refractivity (Wildman–Crippen MR) is 94.3 cm³/mol. The number of fused-ring (bicyclic) bond motifs is 2. The van der Waals surface area contributed by atoms with E-state index in [1.165, 1.54) is 0 Å². The monoisotopic (exact) mass is 382 g/mol. The lowest BCUT2D eigenvalue weighted by atomic mass is 10.0. The average molecular weight is 383 g/mol. The van der Waals surface area contributed by atoms with Gasteiger partial charge < -0.3 is 4.90 Å². The molecule has 0 fully saturated rings. The van der Waals surface area contributed by atoms with Crippen molar-refractivity contribution in [3.05, 3.63) is 64.1 Å². The Bertz CT molecular complexity index is 914. The third kappa shape index (κ3) is 3.01. The first-order valence-corrected chi connectivity index (χ1v) is 8.59. The van der Waals surface area contributed by atoms with E-state index in [-0.39, 0.29) is 5.91 Å². The number of nitrogens with zero attached hydrogens (tertiary/aromatic N) is 4. The van der Waals surface area contributed by atoms with Gasteiger partial charge in [0.1, 0.15) is 0 Å². The first kappa shape index (κ1) is 15.2. The Morgan fingerprint density at radius 1 is 1.29 bits per heavy atom. The molecule has 0 saturated carbocycles. The third-order valence-electron chi connectivity index (χ3n) is 4.21. The van der Waals surface area contributed by atoms with Gasteiger partial charge in [0.2, 0.25) is 5.91 Å². The van der Waals surface area contributed by atoms with Gasteiger partial charge in [-0.3, -0.25) is 9.78 Å². The fraction of sp³-hybridized carbons (Fsp3) is 0.222. The van der Waals surface area contributed by atoms with Gasteiger partial charge >= 0.3 is 0 Å². The van der Waals surface area contributed by atoms with Crippen LogP contribution in [0, 0.1) is 0 Å². The van der Waals surface area contributed by atoms with Crippen molar-refractivity contribution in [3.63, 3.8) is 0 Å². The molecule has 24 heavy (non-hydrogen) atoms. The quantitative estimate of drug-likeness (QED) is 0.683. The number of rotatable bonds is 2. The number of hydrogen-bond donors (Lipinski definition) is 0. The van der Waals surface area contributed by atoms with Crippen molar-refractivity contribution in [2.75, 3.05) is 6.54 Å². The van der Waals surface area contributed by atoms with Gasteiger partial charge in [0.05, 0.1) is 6.42 Å². The number of carbonyl (C=O) groups excluding carboxylic acids is 1. The smallest absolute Gasteiger partial charge is 0.227 e. The highest BCUT2D eigenvalue weighted by Gasteiger charge is 2.22. The molecule has 0 atom stereocenters. The molecular weight excluding hydrogens is 368 g/mol. The number of halogens is 1. The molecule has 0 aliphatic carbocycles. The lowest BCUT2D eigenvalue weighted by molar-refractivity contribution is -0.131. The number of carbonyl (C=O) groups is 1. The molecule has 1 aliphatic heterocycles. The second kappa shape index (κ2) is 6.28. The molecule has 1 aliphatic rings. The third-order valence-corrected chi connectivity index (χ3v) is 4.65. The summed E-state index contributed by atoms with van der Waals surface area (Å²) < 4.78 is 0.928. The van der Waals surface area contributed by atoms with Gasteiger partial charge in [-0.1, -0.05) is 6.07 Å². The van der Waals surface area contributed by atoms with Crippen LogP contribution in [0.5, 0.6) is 0 Å². The minimum absolute atomic E-state index is 0.126. The van der Waals surface area contributed by atoms with E-state index in [0.29, 0.717) is 19.5 Å². The van der Waals surface area contributed by atoms with Crippen LogP contribution in [0.3, 0.4) is 0 Å². The topological polar surface area (TPSA) is 59.0 Å². The van der Waals surface area contributed by atoms with Gasteiger partial charge in [-0.15, -0.1) is 0 Å². The van der Waals surface area contributed by atoms with Crippen LogP contribution in [0.4, 0.5) is 0 Å². The van der Waals surface area contributed by atoms with E-state index in [4.69, 9.17) is 0 Å². The second-order valence-electron chi connectivity index (χ2n) is 5.90. The summed E-state index contributed by atoms with van der Waals surface area (Å²) in [4.78, 5) is 27.5. The molecule has 1 amide bonds. The van der Waals surface area contributed by atoms with Crippen molar-refractivity contribution >= 4 is 32.9 Å². The average Bonchev–Trinajstić information content (AvgIpc) is 2.60. The van der Waals surface area contributed by atoms with Crippen molar-refractivity contribution in [1.82, 2.24) is 19.9 Å². The van der Waals surface area contributed by atoms with Gasteiger partial charge in [0.25, 0.3) is 0 Å². The molecule has 0 radical (unpaired) electrons. The largest absolute Gasteiger partial charge is 0.338 e. The van der Waals surface area contributed by atoms with Crippen LogP contribution in [0.1, 0.15) is 16.8 Å². The molecule has 0 unspecified atom stereocenters. The SMILES string of the molecule is O=C(Cc1cccnc1)N1CCc2nc3ncc(Br)cc3cc2C1. The maximum absolute atomic E-state index is 12.6. The van der Waals surface area contributed by atoms with Crippen molar-refractivity contribution in [1.29, 1.82) is 0 Å². The summed E-state index contributed by atoms with van der Waals surface area (Å²) in [6.07, 6.45) is 6.37. The highest BCUT2D eigenvalue weighted by atomic mass is 79.9. The van der Waals surface area contributed by atoms with Gasteiger partial charge in [-0.2, -0.15) is 0 Å². The Kier molecular flexibility index (Phi) is 3.98. The van der Waals surface area contributed by atoms with Crippen molar-refractivity contribution in [2.24, 2.45) is 0 Å². The van der Waals surface area contributed by atoms with Crippen LogP contribution in [-0.4, -0.2) is 32.3 Å². The van der Waals surface area contributed by atoms with Crippen molar-refractivity contribution in [2.45, 2.75) is 19.4 Å². The zero-order valence-electron chi connectivity index (χ0n) is 12.9. The van der Waals surface area contributed by atoms with Crippen LogP contribution in [0.15, 0.2) is 47.3 Å². The Balaban J connectivity index is 1.57. The number of hydrogen-bond acceptors (Lipinski definition) is 4. The molecule has 0 N–H and O–H groups in total. The highest BCUT2D eigenvalue weighted by molar-refractivity contribution is 9.10. The summed E-state index contributed by atoms with van der Waals surface area (Å²) in [5.74, 6) is 0.126. The van der Waals surface area contributed by atoms with Gasteiger partial charge in [-0.25, -0.2) is 9.97 Å². The summed E-state index contributed by atoms with van der Waals surface area (Å²) in [5, 5.41) is 0.990. The molecule has 4 rings (SSSR count). The molecule has 5 nitrogen and oxygen atoms in total. The van der Waals surface area contributed by atoms with E-state index in [0.717, 1.165) is 38.7 Å². The van der Waals surface area contributed by atoms with E-state index >= 15 is 0 Å².